The Morgan fingerprint density at radius 1 is 1.05 bits per heavy atom. The third-order valence-electron chi connectivity index (χ3n) is 3.27. The van der Waals surface area contributed by atoms with Crippen molar-refractivity contribution in [2.45, 2.75) is 13.0 Å². The first-order valence-corrected chi connectivity index (χ1v) is 7.81. The highest BCUT2D eigenvalue weighted by Crippen LogP contribution is 2.35. The van der Waals surface area contributed by atoms with Crippen LogP contribution in [0.4, 0.5) is 0 Å². The standard InChI is InChI=1S/C17H14ClNOS/c1-11-16(13-7-9-14(18)10-8-13)21-17(19-11)15(20)12-5-3-2-4-6-12/h2-10,15,20H,1H3. The molecular weight excluding hydrogens is 302 g/mol. The Morgan fingerprint density at radius 2 is 1.71 bits per heavy atom. The number of aromatic nitrogens is 1. The second kappa shape index (κ2) is 5.98. The molecule has 1 heterocycles. The van der Waals surface area contributed by atoms with Crippen LogP contribution in [0.5, 0.6) is 0 Å². The summed E-state index contributed by atoms with van der Waals surface area (Å²) in [4.78, 5) is 5.59. The normalized spacial score (nSPS) is 12.3. The fourth-order valence-corrected chi connectivity index (χ4v) is 3.39. The van der Waals surface area contributed by atoms with Crippen LogP contribution in [0.15, 0.2) is 54.6 Å². The van der Waals surface area contributed by atoms with E-state index in [0.29, 0.717) is 10.0 Å². The molecule has 0 saturated heterocycles. The minimum atomic E-state index is -0.684. The van der Waals surface area contributed by atoms with Crippen molar-refractivity contribution in [2.24, 2.45) is 0 Å². The van der Waals surface area contributed by atoms with Gasteiger partial charge in [-0.15, -0.1) is 11.3 Å². The molecule has 21 heavy (non-hydrogen) atoms. The van der Waals surface area contributed by atoms with Crippen molar-refractivity contribution in [3.05, 3.63) is 75.9 Å². The molecule has 0 spiro atoms. The Labute approximate surface area is 132 Å². The molecule has 3 rings (SSSR count). The van der Waals surface area contributed by atoms with Gasteiger partial charge in [-0.2, -0.15) is 0 Å². The molecule has 1 atom stereocenters. The van der Waals surface area contributed by atoms with Gasteiger partial charge in [-0.3, -0.25) is 0 Å². The number of hydrogen-bond acceptors (Lipinski definition) is 3. The van der Waals surface area contributed by atoms with Gasteiger partial charge in [0.1, 0.15) is 11.1 Å². The summed E-state index contributed by atoms with van der Waals surface area (Å²) in [5, 5.41) is 11.9. The van der Waals surface area contributed by atoms with Gasteiger partial charge in [0.05, 0.1) is 10.6 Å². The van der Waals surface area contributed by atoms with Crippen LogP contribution < -0.4 is 0 Å². The molecule has 0 aliphatic heterocycles. The van der Waals surface area contributed by atoms with Crippen molar-refractivity contribution in [2.75, 3.05) is 0 Å². The first-order chi connectivity index (χ1) is 10.1. The molecule has 106 valence electrons. The summed E-state index contributed by atoms with van der Waals surface area (Å²) in [6.07, 6.45) is -0.684. The van der Waals surface area contributed by atoms with Crippen LogP contribution in [0, 0.1) is 6.92 Å². The molecule has 2 nitrogen and oxygen atoms in total. The number of halogens is 1. The second-order valence-corrected chi connectivity index (χ2v) is 6.25. The number of aliphatic hydroxyl groups excluding tert-OH is 1. The number of nitrogens with zero attached hydrogens (tertiary/aromatic N) is 1. The number of hydrogen-bond donors (Lipinski definition) is 1. The Kier molecular flexibility index (Phi) is 4.06. The van der Waals surface area contributed by atoms with E-state index in [2.05, 4.69) is 4.98 Å². The van der Waals surface area contributed by atoms with Crippen molar-refractivity contribution < 1.29 is 5.11 Å². The smallest absolute Gasteiger partial charge is 0.131 e. The van der Waals surface area contributed by atoms with Gasteiger partial charge in [0.25, 0.3) is 0 Å². The Morgan fingerprint density at radius 3 is 2.38 bits per heavy atom. The molecule has 1 unspecified atom stereocenters. The Hall–Kier alpha value is -1.68. The summed E-state index contributed by atoms with van der Waals surface area (Å²) in [7, 11) is 0. The van der Waals surface area contributed by atoms with Gasteiger partial charge in [-0.05, 0) is 30.2 Å². The number of aliphatic hydroxyl groups is 1. The maximum atomic E-state index is 10.4. The van der Waals surface area contributed by atoms with E-state index in [1.807, 2.05) is 61.5 Å². The van der Waals surface area contributed by atoms with Crippen LogP contribution >= 0.6 is 22.9 Å². The molecule has 3 aromatic rings. The molecular formula is C17H14ClNOS. The zero-order valence-corrected chi connectivity index (χ0v) is 13.0. The average molecular weight is 316 g/mol. The topological polar surface area (TPSA) is 33.1 Å². The van der Waals surface area contributed by atoms with Crippen molar-refractivity contribution >= 4 is 22.9 Å². The van der Waals surface area contributed by atoms with Crippen molar-refractivity contribution in [3.63, 3.8) is 0 Å². The predicted molar refractivity (Wildman–Crippen MR) is 87.8 cm³/mol. The molecule has 0 radical (unpaired) electrons. The van der Waals surface area contributed by atoms with E-state index in [9.17, 15) is 5.11 Å². The van der Waals surface area contributed by atoms with Crippen LogP contribution in [0.25, 0.3) is 10.4 Å². The Bertz CT molecular complexity index is 737. The van der Waals surface area contributed by atoms with Crippen molar-refractivity contribution in [1.29, 1.82) is 0 Å². The highest BCUT2D eigenvalue weighted by atomic mass is 35.5. The van der Waals surface area contributed by atoms with Crippen molar-refractivity contribution in [3.8, 4) is 10.4 Å². The van der Waals surface area contributed by atoms with Gasteiger partial charge < -0.3 is 5.11 Å². The van der Waals surface area contributed by atoms with Gasteiger partial charge in [-0.25, -0.2) is 4.98 Å². The fourth-order valence-electron chi connectivity index (χ4n) is 2.18. The summed E-state index contributed by atoms with van der Waals surface area (Å²) in [6.45, 7) is 1.96. The summed E-state index contributed by atoms with van der Waals surface area (Å²) >= 11 is 7.44. The fraction of sp³-hybridized carbons (Fsp3) is 0.118. The second-order valence-electron chi connectivity index (χ2n) is 4.79. The van der Waals surface area contributed by atoms with Crippen LogP contribution in [0.2, 0.25) is 5.02 Å². The van der Waals surface area contributed by atoms with E-state index >= 15 is 0 Å². The van der Waals surface area contributed by atoms with Crippen LogP contribution in [-0.2, 0) is 0 Å². The molecule has 0 amide bonds. The lowest BCUT2D eigenvalue weighted by molar-refractivity contribution is 0.219. The largest absolute Gasteiger partial charge is 0.381 e. The molecule has 0 aliphatic rings. The molecule has 0 bridgehead atoms. The maximum Gasteiger partial charge on any atom is 0.131 e. The van der Waals surface area contributed by atoms with E-state index < -0.39 is 6.10 Å². The zero-order valence-electron chi connectivity index (χ0n) is 11.5. The van der Waals surface area contributed by atoms with E-state index in [1.54, 1.807) is 0 Å². The van der Waals surface area contributed by atoms with E-state index in [-0.39, 0.29) is 0 Å². The first kappa shape index (κ1) is 14.3. The summed E-state index contributed by atoms with van der Waals surface area (Å²) in [5.74, 6) is 0. The van der Waals surface area contributed by atoms with Gasteiger partial charge >= 0.3 is 0 Å². The maximum absolute atomic E-state index is 10.4. The van der Waals surface area contributed by atoms with Crippen LogP contribution in [0.3, 0.4) is 0 Å². The van der Waals surface area contributed by atoms with E-state index in [4.69, 9.17) is 11.6 Å². The summed E-state index contributed by atoms with van der Waals surface area (Å²) in [5.41, 5.74) is 2.85. The van der Waals surface area contributed by atoms with E-state index in [1.165, 1.54) is 11.3 Å². The van der Waals surface area contributed by atoms with Gasteiger partial charge in [0.15, 0.2) is 0 Å². The van der Waals surface area contributed by atoms with Gasteiger partial charge in [-0.1, -0.05) is 54.1 Å². The molecule has 2 aromatic carbocycles. The number of thiazole rings is 1. The molecule has 4 heteroatoms. The monoisotopic (exact) mass is 315 g/mol. The molecule has 0 fully saturated rings. The highest BCUT2D eigenvalue weighted by Gasteiger charge is 2.17. The number of benzene rings is 2. The lowest BCUT2D eigenvalue weighted by Gasteiger charge is -2.06. The van der Waals surface area contributed by atoms with Crippen molar-refractivity contribution in [1.82, 2.24) is 4.98 Å². The summed E-state index contributed by atoms with van der Waals surface area (Å²) < 4.78 is 0. The number of rotatable bonds is 3. The third kappa shape index (κ3) is 3.00. The average Bonchev–Trinajstić information content (AvgIpc) is 2.90. The summed E-state index contributed by atoms with van der Waals surface area (Å²) in [6, 6.07) is 17.3. The van der Waals surface area contributed by atoms with Gasteiger partial charge in [0, 0.05) is 5.02 Å². The number of aryl methyl sites for hydroxylation is 1. The Balaban J connectivity index is 1.96. The zero-order chi connectivity index (χ0) is 14.8. The molecule has 1 N–H and O–H groups in total. The predicted octanol–water partition coefficient (Wildman–Crippen LogP) is 4.85. The van der Waals surface area contributed by atoms with E-state index in [0.717, 1.165) is 21.7 Å². The molecule has 0 aliphatic carbocycles. The molecule has 0 saturated carbocycles. The van der Waals surface area contributed by atoms with Gasteiger partial charge in [0.2, 0.25) is 0 Å². The third-order valence-corrected chi connectivity index (χ3v) is 4.78. The minimum Gasteiger partial charge on any atom is -0.381 e. The lowest BCUT2D eigenvalue weighted by Crippen LogP contribution is -1.98. The minimum absolute atomic E-state index is 0.684. The SMILES string of the molecule is Cc1nc(C(O)c2ccccc2)sc1-c1ccc(Cl)cc1. The highest BCUT2D eigenvalue weighted by molar-refractivity contribution is 7.15. The lowest BCUT2D eigenvalue weighted by atomic mass is 10.1. The quantitative estimate of drug-likeness (QED) is 0.749. The van der Waals surface area contributed by atoms with Crippen LogP contribution in [0.1, 0.15) is 22.4 Å². The molecule has 1 aromatic heterocycles. The first-order valence-electron chi connectivity index (χ1n) is 6.61. The van der Waals surface area contributed by atoms with Crippen LogP contribution in [-0.4, -0.2) is 10.1 Å².